The van der Waals surface area contributed by atoms with Gasteiger partial charge in [0.2, 0.25) is 12.4 Å². The zero-order chi connectivity index (χ0) is 33.5. The van der Waals surface area contributed by atoms with Crippen molar-refractivity contribution in [3.8, 4) is 5.75 Å². The number of carbonyl (C=O) groups is 5. The van der Waals surface area contributed by atoms with Gasteiger partial charge in [0, 0.05) is 30.5 Å². The molecule has 4 aliphatic rings. The second-order valence-electron chi connectivity index (χ2n) is 11.3. The Balaban J connectivity index is 0.000000700. The summed E-state index contributed by atoms with van der Waals surface area (Å²) in [6.07, 6.45) is -7.65. The van der Waals surface area contributed by atoms with Crippen LogP contribution < -0.4 is 4.74 Å². The fourth-order valence-electron chi connectivity index (χ4n) is 6.66. The molecule has 246 valence electrons. The molecule has 2 bridgehead atoms. The van der Waals surface area contributed by atoms with Gasteiger partial charge < -0.3 is 39.2 Å². The molecule has 0 radical (unpaired) electrons. The van der Waals surface area contributed by atoms with Gasteiger partial charge in [-0.15, -0.1) is 0 Å². The summed E-state index contributed by atoms with van der Waals surface area (Å²) in [7, 11) is 1.97. The van der Waals surface area contributed by atoms with E-state index in [0.29, 0.717) is 30.7 Å². The number of ether oxygens (including phenoxy) is 4. The van der Waals surface area contributed by atoms with E-state index in [4.69, 9.17) is 28.8 Å². The highest BCUT2D eigenvalue weighted by Gasteiger charge is 2.72. The molecule has 2 aliphatic carbocycles. The zero-order valence-corrected chi connectivity index (χ0v) is 24.5. The summed E-state index contributed by atoms with van der Waals surface area (Å²) < 4.78 is 53.1. The number of aliphatic carboxylic acids is 1. The number of carboxylic acid groups (broad SMARTS) is 1. The number of carboxylic acids is 1. The molecule has 2 heterocycles. The monoisotopic (exact) mass is 643 g/mol. The van der Waals surface area contributed by atoms with Crippen molar-refractivity contribution in [1.82, 2.24) is 4.90 Å². The van der Waals surface area contributed by atoms with Gasteiger partial charge in [0.05, 0.1) is 24.0 Å². The van der Waals surface area contributed by atoms with E-state index in [1.54, 1.807) is 12.1 Å². The average Bonchev–Trinajstić information content (AvgIpc) is 3.31. The Morgan fingerprint density at radius 3 is 2.44 bits per heavy atom. The van der Waals surface area contributed by atoms with Gasteiger partial charge in [-0.3, -0.25) is 14.4 Å². The molecule has 1 fully saturated rings. The van der Waals surface area contributed by atoms with Crippen LogP contribution >= 0.6 is 0 Å². The van der Waals surface area contributed by atoms with Gasteiger partial charge in [0.15, 0.2) is 12.2 Å². The summed E-state index contributed by atoms with van der Waals surface area (Å²) in [6.45, 7) is 2.68. The van der Waals surface area contributed by atoms with Crippen molar-refractivity contribution in [1.29, 1.82) is 0 Å². The Labute approximate surface area is 254 Å². The number of aliphatic hydroxyl groups is 2. The lowest BCUT2D eigenvalue weighted by Crippen LogP contribution is -2.74. The molecule has 45 heavy (non-hydrogen) atoms. The maximum Gasteiger partial charge on any atom is 0.446 e. The fourth-order valence-corrected chi connectivity index (χ4v) is 6.66. The zero-order valence-electron chi connectivity index (χ0n) is 24.5. The number of halogens is 3. The molecule has 1 aromatic carbocycles. The highest BCUT2D eigenvalue weighted by atomic mass is 19.4. The molecule has 13 nitrogen and oxygen atoms in total. The first kappa shape index (κ1) is 33.9. The van der Waals surface area contributed by atoms with Crippen molar-refractivity contribution in [3.63, 3.8) is 0 Å². The number of likely N-dealkylation sites (tertiary alicyclic amines) is 1. The third-order valence-corrected chi connectivity index (χ3v) is 8.53. The van der Waals surface area contributed by atoms with Crippen molar-refractivity contribution < 1.29 is 71.4 Å². The van der Waals surface area contributed by atoms with Crippen LogP contribution in [0.2, 0.25) is 0 Å². The minimum Gasteiger partial charge on any atom is -0.481 e. The molecule has 0 saturated carbocycles. The number of hydrogen-bond donors (Lipinski definition) is 3. The molecule has 3 N–H and O–H groups in total. The van der Waals surface area contributed by atoms with Gasteiger partial charge >= 0.3 is 30.1 Å². The van der Waals surface area contributed by atoms with Crippen molar-refractivity contribution in [2.45, 2.75) is 87.7 Å². The summed E-state index contributed by atoms with van der Waals surface area (Å²) in [5.74, 6) is -3.77. The van der Waals surface area contributed by atoms with Crippen molar-refractivity contribution >= 4 is 30.2 Å². The predicted molar refractivity (Wildman–Crippen MR) is 142 cm³/mol. The van der Waals surface area contributed by atoms with Crippen LogP contribution in [-0.4, -0.2) is 100 Å². The third kappa shape index (κ3) is 6.13. The van der Waals surface area contributed by atoms with Crippen LogP contribution in [0.25, 0.3) is 0 Å². The summed E-state index contributed by atoms with van der Waals surface area (Å²) in [6, 6.07) is 3.55. The van der Waals surface area contributed by atoms with Crippen LogP contribution in [0.3, 0.4) is 0 Å². The smallest absolute Gasteiger partial charge is 0.446 e. The molecule has 5 rings (SSSR count). The first-order valence-electron chi connectivity index (χ1n) is 13.9. The topological polar surface area (TPSA) is 186 Å². The number of aliphatic hydroxyl groups excluding tert-OH is 1. The van der Waals surface area contributed by atoms with Crippen LogP contribution in [-0.2, 0) is 56.6 Å². The van der Waals surface area contributed by atoms with E-state index in [-0.39, 0.29) is 24.8 Å². The van der Waals surface area contributed by atoms with Crippen molar-refractivity contribution in [3.05, 3.63) is 40.7 Å². The van der Waals surface area contributed by atoms with Crippen LogP contribution in [0, 0.1) is 0 Å². The number of aldehydes is 1. The van der Waals surface area contributed by atoms with E-state index in [0.717, 1.165) is 18.1 Å². The maximum atomic E-state index is 13.0. The highest BCUT2D eigenvalue weighted by Crippen LogP contribution is 2.64. The number of alkyl halides is 3. The van der Waals surface area contributed by atoms with Gasteiger partial charge in [-0.2, -0.15) is 13.2 Å². The Kier molecular flexibility index (Phi) is 9.33. The Hall–Kier alpha value is -4.02. The number of nitrogens with zero attached hydrogens (tertiary/aromatic N) is 1. The van der Waals surface area contributed by atoms with Gasteiger partial charge in [-0.05, 0) is 45.0 Å². The Morgan fingerprint density at radius 2 is 1.87 bits per heavy atom. The first-order valence-corrected chi connectivity index (χ1v) is 13.9. The molecule has 1 spiro atoms. The van der Waals surface area contributed by atoms with Gasteiger partial charge in [-0.1, -0.05) is 12.1 Å². The lowest BCUT2D eigenvalue weighted by molar-refractivity contribution is -0.181. The molecular weight excluding hydrogens is 611 g/mol. The number of carbonyl (C=O) groups excluding carboxylic acids is 4. The van der Waals surface area contributed by atoms with Crippen molar-refractivity contribution in [2.24, 2.45) is 0 Å². The predicted octanol–water partition coefficient (Wildman–Crippen LogP) is 1.09. The number of rotatable bonds is 8. The lowest BCUT2D eigenvalue weighted by Gasteiger charge is -2.61. The average molecular weight is 644 g/mol. The highest BCUT2D eigenvalue weighted by molar-refractivity contribution is 5.86. The van der Waals surface area contributed by atoms with Gasteiger partial charge in [0.1, 0.15) is 11.5 Å². The van der Waals surface area contributed by atoms with E-state index in [1.807, 2.05) is 13.1 Å². The standard InChI is InChI=1S/C27H31NO11.C2HF3O/c1-13(36-25(34)18(11-20(31)32)37-14(2)30)24(33)38-17-6-7-27(35)19-10-15-4-5-16(12-29)22-21(15)26(27,23(17)39-22)8-9-28(19)3;3-2(4,5)1-6/h4-6,13,18-19,23,29,35H,7-12H2,1-3H3,(H,31,32);1H/t13-,18-,19+,23-,26-,27+;/m0./s1. The Morgan fingerprint density at radius 1 is 1.20 bits per heavy atom. The number of esters is 3. The maximum absolute atomic E-state index is 13.0. The molecule has 2 aliphatic heterocycles. The SMILES string of the molecule is CC(=O)O[C@@H](CC(=O)O)C(=O)O[C@@H](C)C(=O)OC1=CC[C@@]2(O)[C@H]3Cc4ccc(CO)c5c4[C@@]2(CCN3C)[C@H]1O5.O=CC(F)(F)F. The van der Waals surface area contributed by atoms with Gasteiger partial charge in [0.25, 0.3) is 0 Å². The van der Waals surface area contributed by atoms with E-state index in [1.165, 1.54) is 6.92 Å². The normalized spacial score (nSPS) is 27.2. The minimum atomic E-state index is -4.64. The summed E-state index contributed by atoms with van der Waals surface area (Å²) in [5, 5.41) is 31.2. The second kappa shape index (κ2) is 12.4. The van der Waals surface area contributed by atoms with Crippen LogP contribution in [0.5, 0.6) is 5.75 Å². The second-order valence-corrected chi connectivity index (χ2v) is 11.3. The molecule has 16 heteroatoms. The minimum absolute atomic E-state index is 0.158. The molecule has 0 unspecified atom stereocenters. The fraction of sp³-hybridized carbons (Fsp3) is 0.552. The van der Waals surface area contributed by atoms with Crippen LogP contribution in [0.15, 0.2) is 24.0 Å². The molecular formula is C29H32F3NO12. The quantitative estimate of drug-likeness (QED) is 0.208. The first-order chi connectivity index (χ1) is 21.0. The van der Waals surface area contributed by atoms with E-state index < -0.39 is 72.1 Å². The molecule has 6 atom stereocenters. The van der Waals surface area contributed by atoms with Crippen LogP contribution in [0.4, 0.5) is 13.2 Å². The molecule has 0 aromatic heterocycles. The largest absolute Gasteiger partial charge is 0.481 e. The number of benzene rings is 1. The molecule has 1 aromatic rings. The Bertz CT molecular complexity index is 1410. The summed E-state index contributed by atoms with van der Waals surface area (Å²) in [4.78, 5) is 58.7. The van der Waals surface area contributed by atoms with E-state index in [9.17, 15) is 42.6 Å². The van der Waals surface area contributed by atoms with E-state index in [2.05, 4.69) is 4.90 Å². The van der Waals surface area contributed by atoms with Gasteiger partial charge in [-0.25, -0.2) is 9.59 Å². The van der Waals surface area contributed by atoms with Crippen LogP contribution in [0.1, 0.15) is 49.8 Å². The molecule has 1 saturated heterocycles. The lowest BCUT2D eigenvalue weighted by atomic mass is 9.50. The van der Waals surface area contributed by atoms with E-state index >= 15 is 0 Å². The number of hydrogen-bond acceptors (Lipinski definition) is 12. The summed E-state index contributed by atoms with van der Waals surface area (Å²) in [5.41, 5.74) is 0.296. The van der Waals surface area contributed by atoms with Crippen molar-refractivity contribution in [2.75, 3.05) is 13.6 Å². The molecule has 0 amide bonds. The summed E-state index contributed by atoms with van der Waals surface area (Å²) >= 11 is 0. The third-order valence-electron chi connectivity index (χ3n) is 8.53. The number of piperidine rings is 1. The number of likely N-dealkylation sites (N-methyl/N-ethyl adjacent to an activating group) is 1.